The first kappa shape index (κ1) is 12.3. The third-order valence-electron chi connectivity index (χ3n) is 2.59. The largest absolute Gasteiger partial charge is 0.377 e. The highest BCUT2D eigenvalue weighted by molar-refractivity contribution is 7.89. The summed E-state index contributed by atoms with van der Waals surface area (Å²) >= 11 is 0. The number of pyridine rings is 1. The van der Waals surface area contributed by atoms with Crippen LogP contribution in [0, 0.1) is 0 Å². The number of H-pyrrole nitrogens is 1. The van der Waals surface area contributed by atoms with Gasteiger partial charge >= 0.3 is 0 Å². The second-order valence-electron chi connectivity index (χ2n) is 3.88. The Morgan fingerprint density at radius 2 is 2.29 bits per heavy atom. The third kappa shape index (κ3) is 3.15. The highest BCUT2D eigenvalue weighted by atomic mass is 32.2. The van der Waals surface area contributed by atoms with Crippen molar-refractivity contribution >= 4 is 10.0 Å². The Bertz CT molecular complexity index is 511. The van der Waals surface area contributed by atoms with Crippen molar-refractivity contribution in [1.82, 2.24) is 9.71 Å². The molecule has 0 spiro atoms. The molecule has 0 amide bonds. The van der Waals surface area contributed by atoms with E-state index in [9.17, 15) is 13.2 Å². The minimum absolute atomic E-state index is 0.0486. The van der Waals surface area contributed by atoms with Gasteiger partial charge in [0.05, 0.1) is 11.0 Å². The molecule has 1 aliphatic heterocycles. The van der Waals surface area contributed by atoms with Crippen molar-refractivity contribution < 1.29 is 13.2 Å². The number of nitrogens with one attached hydrogen (secondary N) is 2. The number of hydrogen-bond acceptors (Lipinski definition) is 4. The zero-order chi connectivity index (χ0) is 12.3. The van der Waals surface area contributed by atoms with Gasteiger partial charge in [0, 0.05) is 25.4 Å². The molecule has 1 saturated heterocycles. The van der Waals surface area contributed by atoms with E-state index in [2.05, 4.69) is 9.71 Å². The molecule has 2 heterocycles. The van der Waals surface area contributed by atoms with E-state index < -0.39 is 10.0 Å². The van der Waals surface area contributed by atoms with E-state index in [4.69, 9.17) is 4.74 Å². The molecule has 94 valence electrons. The van der Waals surface area contributed by atoms with Crippen molar-refractivity contribution in [1.29, 1.82) is 0 Å². The lowest BCUT2D eigenvalue weighted by atomic mass is 10.2. The summed E-state index contributed by atoms with van der Waals surface area (Å²) in [5, 5.41) is 0. The van der Waals surface area contributed by atoms with E-state index in [1.54, 1.807) is 0 Å². The number of aromatic amines is 1. The lowest BCUT2D eigenvalue weighted by Crippen LogP contribution is -2.32. The van der Waals surface area contributed by atoms with E-state index in [-0.39, 0.29) is 23.1 Å². The van der Waals surface area contributed by atoms with Crippen molar-refractivity contribution in [3.8, 4) is 0 Å². The molecule has 0 aromatic carbocycles. The standard InChI is InChI=1S/C10H14N2O4S/c13-10-4-3-9(7-11-10)17(14,15)12-6-8-2-1-5-16-8/h3-4,7-8,12H,1-2,5-6H2,(H,11,13)/t8-/m1/s1. The first-order valence-corrected chi connectivity index (χ1v) is 6.86. The van der Waals surface area contributed by atoms with Crippen LogP contribution in [0.1, 0.15) is 12.8 Å². The summed E-state index contributed by atoms with van der Waals surface area (Å²) in [5.74, 6) is 0. The van der Waals surface area contributed by atoms with Crippen LogP contribution in [-0.2, 0) is 14.8 Å². The Morgan fingerprint density at radius 1 is 1.47 bits per heavy atom. The van der Waals surface area contributed by atoms with Gasteiger partial charge in [-0.25, -0.2) is 13.1 Å². The molecule has 7 heteroatoms. The number of sulfonamides is 1. The van der Waals surface area contributed by atoms with Crippen LogP contribution in [0.5, 0.6) is 0 Å². The van der Waals surface area contributed by atoms with Gasteiger partial charge in [0.25, 0.3) is 0 Å². The predicted molar refractivity (Wildman–Crippen MR) is 61.2 cm³/mol. The van der Waals surface area contributed by atoms with Gasteiger partial charge < -0.3 is 9.72 Å². The maximum atomic E-state index is 11.8. The second kappa shape index (κ2) is 4.99. The van der Waals surface area contributed by atoms with Crippen LogP contribution < -0.4 is 10.3 Å². The van der Waals surface area contributed by atoms with Crippen molar-refractivity contribution in [3.05, 3.63) is 28.7 Å². The fourth-order valence-electron chi connectivity index (χ4n) is 1.65. The van der Waals surface area contributed by atoms with Crippen LogP contribution in [0.4, 0.5) is 0 Å². The van der Waals surface area contributed by atoms with Crippen LogP contribution >= 0.6 is 0 Å². The number of ether oxygens (including phenoxy) is 1. The summed E-state index contributed by atoms with van der Waals surface area (Å²) in [6.45, 7) is 0.951. The molecule has 0 radical (unpaired) electrons. The third-order valence-corrected chi connectivity index (χ3v) is 4.01. The zero-order valence-electron chi connectivity index (χ0n) is 9.18. The molecular weight excluding hydrogens is 244 g/mol. The van der Waals surface area contributed by atoms with E-state index in [1.807, 2.05) is 0 Å². The Balaban J connectivity index is 2.02. The smallest absolute Gasteiger partial charge is 0.247 e. The molecular formula is C10H14N2O4S. The Labute approximate surface area is 99.1 Å². The lowest BCUT2D eigenvalue weighted by Gasteiger charge is -2.10. The van der Waals surface area contributed by atoms with Crippen molar-refractivity contribution in [2.45, 2.75) is 23.8 Å². The van der Waals surface area contributed by atoms with Crippen LogP contribution in [0.15, 0.2) is 28.0 Å². The molecule has 1 fully saturated rings. The van der Waals surface area contributed by atoms with Crippen LogP contribution in [-0.4, -0.2) is 32.7 Å². The van der Waals surface area contributed by atoms with Crippen molar-refractivity contribution in [2.75, 3.05) is 13.2 Å². The Kier molecular flexibility index (Phi) is 3.60. The summed E-state index contributed by atoms with van der Waals surface area (Å²) in [6, 6.07) is 2.46. The molecule has 0 bridgehead atoms. The average Bonchev–Trinajstić information content (AvgIpc) is 2.80. The summed E-state index contributed by atoms with van der Waals surface area (Å²) in [4.78, 5) is 13.2. The minimum atomic E-state index is -3.56. The van der Waals surface area contributed by atoms with Crippen LogP contribution in [0.25, 0.3) is 0 Å². The van der Waals surface area contributed by atoms with E-state index >= 15 is 0 Å². The van der Waals surface area contributed by atoms with Gasteiger partial charge in [-0.1, -0.05) is 0 Å². The molecule has 1 aromatic heterocycles. The molecule has 2 rings (SSSR count). The summed E-state index contributed by atoms with van der Waals surface area (Å²) in [7, 11) is -3.56. The molecule has 2 N–H and O–H groups in total. The molecule has 1 aromatic rings. The fraction of sp³-hybridized carbons (Fsp3) is 0.500. The predicted octanol–water partition coefficient (Wildman–Crippen LogP) is -0.168. The van der Waals surface area contributed by atoms with Gasteiger partial charge in [-0.2, -0.15) is 0 Å². The quantitative estimate of drug-likeness (QED) is 0.785. The van der Waals surface area contributed by atoms with Gasteiger partial charge in [0.2, 0.25) is 15.6 Å². The molecule has 6 nitrogen and oxygen atoms in total. The van der Waals surface area contributed by atoms with Gasteiger partial charge in [0.1, 0.15) is 0 Å². The second-order valence-corrected chi connectivity index (χ2v) is 5.64. The first-order chi connectivity index (χ1) is 8.08. The maximum Gasteiger partial charge on any atom is 0.247 e. The molecule has 17 heavy (non-hydrogen) atoms. The first-order valence-electron chi connectivity index (χ1n) is 5.38. The number of hydrogen-bond donors (Lipinski definition) is 2. The fourth-order valence-corrected chi connectivity index (χ4v) is 2.69. The highest BCUT2D eigenvalue weighted by Crippen LogP contribution is 2.12. The topological polar surface area (TPSA) is 88.3 Å². The van der Waals surface area contributed by atoms with Gasteiger partial charge in [-0.15, -0.1) is 0 Å². The average molecular weight is 258 g/mol. The lowest BCUT2D eigenvalue weighted by molar-refractivity contribution is 0.114. The Hall–Kier alpha value is -1.18. The van der Waals surface area contributed by atoms with E-state index in [1.165, 1.54) is 18.3 Å². The number of aromatic nitrogens is 1. The maximum absolute atomic E-state index is 11.8. The Morgan fingerprint density at radius 3 is 2.88 bits per heavy atom. The SMILES string of the molecule is O=c1ccc(S(=O)(=O)NC[C@H]2CCCO2)c[nH]1. The van der Waals surface area contributed by atoms with E-state index in [0.29, 0.717) is 6.61 Å². The zero-order valence-corrected chi connectivity index (χ0v) is 10.00. The molecule has 0 aliphatic carbocycles. The van der Waals surface area contributed by atoms with Crippen LogP contribution in [0.3, 0.4) is 0 Å². The monoisotopic (exact) mass is 258 g/mol. The summed E-state index contributed by atoms with van der Waals surface area (Å²) in [6.07, 6.45) is 2.96. The van der Waals surface area contributed by atoms with Crippen molar-refractivity contribution in [3.63, 3.8) is 0 Å². The molecule has 0 unspecified atom stereocenters. The van der Waals surface area contributed by atoms with Gasteiger partial charge in [0.15, 0.2) is 0 Å². The number of rotatable bonds is 4. The van der Waals surface area contributed by atoms with Crippen LogP contribution in [0.2, 0.25) is 0 Å². The highest BCUT2D eigenvalue weighted by Gasteiger charge is 2.20. The molecule has 1 aliphatic rings. The normalized spacial score (nSPS) is 20.6. The summed E-state index contributed by atoms with van der Waals surface area (Å²) in [5.41, 5.74) is -0.330. The molecule has 0 saturated carbocycles. The minimum Gasteiger partial charge on any atom is -0.377 e. The van der Waals surface area contributed by atoms with E-state index in [0.717, 1.165) is 12.8 Å². The van der Waals surface area contributed by atoms with Gasteiger partial charge in [-0.05, 0) is 18.9 Å². The summed E-state index contributed by atoms with van der Waals surface area (Å²) < 4.78 is 31.4. The van der Waals surface area contributed by atoms with Crippen molar-refractivity contribution in [2.24, 2.45) is 0 Å². The molecule has 1 atom stereocenters. The van der Waals surface area contributed by atoms with Gasteiger partial charge in [-0.3, -0.25) is 4.79 Å².